The Morgan fingerprint density at radius 3 is 2.53 bits per heavy atom. The van der Waals surface area contributed by atoms with Crippen LogP contribution in [0, 0.1) is 5.92 Å². The van der Waals surface area contributed by atoms with Gasteiger partial charge >= 0.3 is 5.97 Å². The fourth-order valence-corrected chi connectivity index (χ4v) is 3.58. The van der Waals surface area contributed by atoms with Crippen molar-refractivity contribution < 1.29 is 14.3 Å². The minimum Gasteiger partial charge on any atom is -0.466 e. The Labute approximate surface area is 180 Å². The Morgan fingerprint density at radius 2 is 1.93 bits per heavy atom. The first-order valence-corrected chi connectivity index (χ1v) is 10.7. The minimum atomic E-state index is -0.351. The number of primary amides is 1. The van der Waals surface area contributed by atoms with Gasteiger partial charge in [0.05, 0.1) is 12.5 Å². The fraction of sp³-hybridized carbons (Fsp3) is 0.440. The first-order valence-electron chi connectivity index (χ1n) is 10.7. The number of benzene rings is 1. The van der Waals surface area contributed by atoms with E-state index in [9.17, 15) is 9.59 Å². The van der Waals surface area contributed by atoms with Crippen LogP contribution in [0.1, 0.15) is 57.1 Å². The summed E-state index contributed by atoms with van der Waals surface area (Å²) in [7, 11) is 0. The molecule has 1 unspecified atom stereocenters. The van der Waals surface area contributed by atoms with Crippen molar-refractivity contribution in [1.82, 2.24) is 5.32 Å². The number of nitrogens with two attached hydrogens (primary N) is 1. The van der Waals surface area contributed by atoms with E-state index in [2.05, 4.69) is 54.4 Å². The number of amides is 1. The summed E-state index contributed by atoms with van der Waals surface area (Å²) in [5.74, 6) is -0.780. The summed E-state index contributed by atoms with van der Waals surface area (Å²) in [6, 6.07) is 8.56. The zero-order chi connectivity index (χ0) is 21.9. The topological polar surface area (TPSA) is 81.4 Å². The highest BCUT2D eigenvalue weighted by molar-refractivity contribution is 5.75. The molecular formula is C25H34N2O3. The van der Waals surface area contributed by atoms with Gasteiger partial charge in [-0.3, -0.25) is 9.59 Å². The summed E-state index contributed by atoms with van der Waals surface area (Å²) in [4.78, 5) is 23.2. The third-order valence-corrected chi connectivity index (χ3v) is 5.17. The largest absolute Gasteiger partial charge is 0.466 e. The van der Waals surface area contributed by atoms with Gasteiger partial charge in [-0.1, -0.05) is 56.0 Å². The number of nitrogens with one attached hydrogen (secondary N) is 1. The van der Waals surface area contributed by atoms with E-state index in [-0.39, 0.29) is 30.3 Å². The Bertz CT molecular complexity index is 793. The van der Waals surface area contributed by atoms with Crippen molar-refractivity contribution in [2.24, 2.45) is 11.7 Å². The summed E-state index contributed by atoms with van der Waals surface area (Å²) in [5, 5.41) is 3.39. The molecule has 0 saturated carbocycles. The van der Waals surface area contributed by atoms with Crippen LogP contribution in [0.3, 0.4) is 0 Å². The average molecular weight is 411 g/mol. The van der Waals surface area contributed by atoms with Gasteiger partial charge in [-0.25, -0.2) is 0 Å². The van der Waals surface area contributed by atoms with Crippen LogP contribution in [-0.2, 0) is 20.7 Å². The van der Waals surface area contributed by atoms with Gasteiger partial charge in [0.1, 0.15) is 0 Å². The molecule has 1 aromatic rings. The lowest BCUT2D eigenvalue weighted by molar-refractivity contribution is -0.147. The lowest BCUT2D eigenvalue weighted by Crippen LogP contribution is -2.34. The number of carbonyl (C=O) groups is 2. The third kappa shape index (κ3) is 7.90. The van der Waals surface area contributed by atoms with Crippen molar-refractivity contribution >= 4 is 17.4 Å². The van der Waals surface area contributed by atoms with E-state index in [1.54, 1.807) is 0 Å². The van der Waals surface area contributed by atoms with Gasteiger partial charge in [0.2, 0.25) is 5.91 Å². The fourth-order valence-electron chi connectivity index (χ4n) is 3.58. The van der Waals surface area contributed by atoms with Crippen molar-refractivity contribution in [3.05, 3.63) is 65.9 Å². The smallest absolute Gasteiger partial charge is 0.308 e. The molecule has 0 aliphatic heterocycles. The van der Waals surface area contributed by atoms with E-state index in [1.165, 1.54) is 16.7 Å². The third-order valence-electron chi connectivity index (χ3n) is 5.17. The lowest BCUT2D eigenvalue weighted by Gasteiger charge is -2.24. The van der Waals surface area contributed by atoms with E-state index < -0.39 is 0 Å². The van der Waals surface area contributed by atoms with Crippen LogP contribution in [0.25, 0.3) is 5.57 Å². The SMILES string of the molecule is C=C(CCC(N)=O)N[C@H](Cc1ccc(C2=CCCC=C2)cc1)CC(C)C(=O)OCC. The second kappa shape index (κ2) is 12.0. The number of allylic oxidation sites excluding steroid dienone is 5. The van der Waals surface area contributed by atoms with Gasteiger partial charge < -0.3 is 15.8 Å². The van der Waals surface area contributed by atoms with E-state index in [1.807, 2.05) is 13.8 Å². The molecule has 0 fully saturated rings. The predicted octanol–water partition coefficient (Wildman–Crippen LogP) is 4.29. The number of esters is 1. The van der Waals surface area contributed by atoms with Crippen LogP contribution in [0.2, 0.25) is 0 Å². The highest BCUT2D eigenvalue weighted by atomic mass is 16.5. The van der Waals surface area contributed by atoms with Crippen LogP contribution in [-0.4, -0.2) is 24.5 Å². The number of hydrogen-bond acceptors (Lipinski definition) is 4. The van der Waals surface area contributed by atoms with Crippen molar-refractivity contribution in [2.45, 2.75) is 58.4 Å². The van der Waals surface area contributed by atoms with Gasteiger partial charge in [-0.05, 0) is 55.7 Å². The Balaban J connectivity index is 2.05. The monoisotopic (exact) mass is 410 g/mol. The van der Waals surface area contributed by atoms with Crippen molar-refractivity contribution in [2.75, 3.05) is 6.61 Å². The van der Waals surface area contributed by atoms with Gasteiger partial charge in [-0.2, -0.15) is 0 Å². The lowest BCUT2D eigenvalue weighted by atomic mass is 9.93. The molecule has 2 atom stereocenters. The van der Waals surface area contributed by atoms with Crippen LogP contribution in [0.4, 0.5) is 0 Å². The molecule has 0 bridgehead atoms. The average Bonchev–Trinajstić information content (AvgIpc) is 2.73. The highest BCUT2D eigenvalue weighted by Gasteiger charge is 2.21. The second-order valence-electron chi connectivity index (χ2n) is 7.84. The summed E-state index contributed by atoms with van der Waals surface area (Å²) in [6.07, 6.45) is 10.9. The molecule has 0 heterocycles. The number of ether oxygens (including phenoxy) is 1. The van der Waals surface area contributed by atoms with Crippen LogP contribution < -0.4 is 11.1 Å². The van der Waals surface area contributed by atoms with E-state index in [0.717, 1.165) is 25.0 Å². The van der Waals surface area contributed by atoms with Gasteiger partial charge in [0.25, 0.3) is 0 Å². The van der Waals surface area contributed by atoms with E-state index >= 15 is 0 Å². The molecule has 1 aliphatic rings. The summed E-state index contributed by atoms with van der Waals surface area (Å²) in [6.45, 7) is 8.08. The number of hydrogen-bond donors (Lipinski definition) is 2. The molecule has 1 amide bonds. The Hall–Kier alpha value is -2.82. The van der Waals surface area contributed by atoms with Crippen LogP contribution in [0.15, 0.2) is 54.8 Å². The highest BCUT2D eigenvalue weighted by Crippen LogP contribution is 2.22. The molecule has 30 heavy (non-hydrogen) atoms. The quantitative estimate of drug-likeness (QED) is 0.504. The molecule has 0 saturated heterocycles. The molecule has 0 spiro atoms. The maximum Gasteiger partial charge on any atom is 0.308 e. The van der Waals surface area contributed by atoms with Crippen molar-refractivity contribution in [3.63, 3.8) is 0 Å². The Morgan fingerprint density at radius 1 is 1.20 bits per heavy atom. The zero-order valence-corrected chi connectivity index (χ0v) is 18.2. The standard InChI is InChI=1S/C25H34N2O3/c1-4-30-25(29)18(2)16-23(27-19(3)10-15-24(26)28)17-20-11-13-22(14-12-20)21-8-6-5-7-9-21/h6,8-9,11-14,18,23,27H,3-5,7,10,15-17H2,1-2H3,(H2,26,28)/t18?,23-/m0/s1. The van der Waals surface area contributed by atoms with Gasteiger partial charge in [0.15, 0.2) is 0 Å². The first kappa shape index (κ1) is 23.5. The normalized spacial score (nSPS) is 15.1. The van der Waals surface area contributed by atoms with Crippen LogP contribution >= 0.6 is 0 Å². The summed E-state index contributed by atoms with van der Waals surface area (Å²) in [5.41, 5.74) is 9.65. The minimum absolute atomic E-state index is 0.00410. The first-order chi connectivity index (χ1) is 14.4. The van der Waals surface area contributed by atoms with Crippen LogP contribution in [0.5, 0.6) is 0 Å². The molecule has 162 valence electrons. The molecule has 0 radical (unpaired) electrons. The van der Waals surface area contributed by atoms with Crippen molar-refractivity contribution in [3.8, 4) is 0 Å². The maximum atomic E-state index is 12.1. The molecule has 5 heteroatoms. The van der Waals surface area contributed by atoms with Crippen molar-refractivity contribution in [1.29, 1.82) is 0 Å². The van der Waals surface area contributed by atoms with Gasteiger partial charge in [0, 0.05) is 18.2 Å². The zero-order valence-electron chi connectivity index (χ0n) is 18.2. The molecule has 0 aromatic heterocycles. The number of carbonyl (C=O) groups excluding carboxylic acids is 2. The number of rotatable bonds is 12. The van der Waals surface area contributed by atoms with Gasteiger partial charge in [-0.15, -0.1) is 0 Å². The maximum absolute atomic E-state index is 12.1. The molecule has 1 aliphatic carbocycles. The molecule has 2 rings (SSSR count). The predicted molar refractivity (Wildman–Crippen MR) is 121 cm³/mol. The van der Waals surface area contributed by atoms with E-state index in [4.69, 9.17) is 10.5 Å². The second-order valence-corrected chi connectivity index (χ2v) is 7.84. The Kier molecular flexibility index (Phi) is 9.39. The molecule has 5 nitrogen and oxygen atoms in total. The molecule has 1 aromatic carbocycles. The molecule has 3 N–H and O–H groups in total. The molecular weight excluding hydrogens is 376 g/mol. The van der Waals surface area contributed by atoms with E-state index in [0.29, 0.717) is 19.4 Å². The summed E-state index contributed by atoms with van der Waals surface area (Å²) < 4.78 is 5.16. The summed E-state index contributed by atoms with van der Waals surface area (Å²) >= 11 is 0.